The van der Waals surface area contributed by atoms with Crippen LogP contribution in [0.25, 0.3) is 22.2 Å². The van der Waals surface area contributed by atoms with Gasteiger partial charge < -0.3 is 19.8 Å². The number of hydrogen-bond acceptors (Lipinski definition) is 5. The largest absolute Gasteiger partial charge is 0.491 e. The zero-order chi connectivity index (χ0) is 21.3. The molecule has 0 aliphatic carbocycles. The summed E-state index contributed by atoms with van der Waals surface area (Å²) >= 11 is 0. The van der Waals surface area contributed by atoms with Gasteiger partial charge in [-0.25, -0.2) is 8.42 Å². The minimum atomic E-state index is -3.19. The molecule has 8 heteroatoms. The lowest BCUT2D eigenvalue weighted by Crippen LogP contribution is -2.24. The third-order valence-electron chi connectivity index (χ3n) is 5.48. The van der Waals surface area contributed by atoms with Crippen LogP contribution in [-0.4, -0.2) is 45.6 Å². The van der Waals surface area contributed by atoms with Crippen LogP contribution < -0.4 is 14.8 Å². The van der Waals surface area contributed by atoms with Crippen LogP contribution in [0.2, 0.25) is 0 Å². The Labute approximate surface area is 177 Å². The van der Waals surface area contributed by atoms with E-state index in [1.54, 1.807) is 7.11 Å². The van der Waals surface area contributed by atoms with E-state index < -0.39 is 10.0 Å². The Morgan fingerprint density at radius 1 is 1.10 bits per heavy atom. The van der Waals surface area contributed by atoms with Crippen molar-refractivity contribution in [1.29, 1.82) is 0 Å². The molecule has 160 valence electrons. The van der Waals surface area contributed by atoms with Gasteiger partial charge in [0.2, 0.25) is 10.0 Å². The van der Waals surface area contributed by atoms with Gasteiger partial charge in [0.25, 0.3) is 0 Å². The van der Waals surface area contributed by atoms with E-state index in [9.17, 15) is 8.42 Å². The minimum Gasteiger partial charge on any atom is -0.491 e. The van der Waals surface area contributed by atoms with Crippen molar-refractivity contribution in [2.75, 3.05) is 42.7 Å². The first kappa shape index (κ1) is 20.6. The molecule has 0 atom stereocenters. The topological polar surface area (TPSA) is 86.8 Å². The zero-order valence-electron chi connectivity index (χ0n) is 17.3. The lowest BCUT2D eigenvalue weighted by Gasteiger charge is -2.17. The van der Waals surface area contributed by atoms with Crippen LogP contribution in [0.3, 0.4) is 0 Å². The SMILES string of the molecule is CCn1c(-c2ccc(N3CCCS3(=O)=O)cc2)c(N)c2ccc(OCCOC)cc21. The number of hydrogen-bond donors (Lipinski definition) is 1. The maximum Gasteiger partial charge on any atom is 0.235 e. The summed E-state index contributed by atoms with van der Waals surface area (Å²) in [5.74, 6) is 0.980. The van der Waals surface area contributed by atoms with E-state index in [1.807, 2.05) is 42.5 Å². The lowest BCUT2D eigenvalue weighted by molar-refractivity contribution is 0.146. The summed E-state index contributed by atoms with van der Waals surface area (Å²) in [5, 5.41) is 0.970. The van der Waals surface area contributed by atoms with Crippen molar-refractivity contribution in [2.45, 2.75) is 19.9 Å². The molecule has 2 heterocycles. The second-order valence-electron chi connectivity index (χ2n) is 7.32. The molecule has 0 unspecified atom stereocenters. The number of rotatable bonds is 7. The molecular formula is C22H27N3O4S. The summed E-state index contributed by atoms with van der Waals surface area (Å²) in [7, 11) is -1.55. The third kappa shape index (κ3) is 3.61. The van der Waals surface area contributed by atoms with Crippen molar-refractivity contribution >= 4 is 32.3 Å². The third-order valence-corrected chi connectivity index (χ3v) is 7.35. The highest BCUT2D eigenvalue weighted by Crippen LogP contribution is 2.38. The molecule has 4 rings (SSSR count). The van der Waals surface area contributed by atoms with Crippen LogP contribution in [-0.2, 0) is 21.3 Å². The quantitative estimate of drug-likeness (QED) is 0.581. The standard InChI is InChI=1S/C22H27N3O4S/c1-3-24-20-15-18(29-13-12-28-2)9-10-19(20)21(23)22(24)16-5-7-17(8-6-16)25-11-4-14-30(25,26)27/h5-10,15H,3-4,11-14,23H2,1-2H3. The first-order valence-electron chi connectivity index (χ1n) is 10.1. The van der Waals surface area contributed by atoms with Crippen LogP contribution in [0.5, 0.6) is 5.75 Å². The molecule has 1 aromatic heterocycles. The molecule has 1 aliphatic rings. The molecule has 7 nitrogen and oxygen atoms in total. The fourth-order valence-corrected chi connectivity index (χ4v) is 5.61. The van der Waals surface area contributed by atoms with Gasteiger partial charge in [-0.15, -0.1) is 0 Å². The van der Waals surface area contributed by atoms with Crippen LogP contribution in [0.15, 0.2) is 42.5 Å². The fourth-order valence-electron chi connectivity index (χ4n) is 4.04. The number of methoxy groups -OCH3 is 1. The van der Waals surface area contributed by atoms with Gasteiger partial charge in [0.1, 0.15) is 12.4 Å². The molecule has 0 radical (unpaired) electrons. The van der Waals surface area contributed by atoms with Gasteiger partial charge in [-0.1, -0.05) is 12.1 Å². The Bertz CT molecular complexity index is 1150. The summed E-state index contributed by atoms with van der Waals surface area (Å²) in [6.45, 7) is 4.36. The van der Waals surface area contributed by atoms with E-state index >= 15 is 0 Å². The van der Waals surface area contributed by atoms with E-state index in [-0.39, 0.29) is 5.75 Å². The molecule has 0 bridgehead atoms. The Balaban J connectivity index is 1.72. The predicted octanol–water partition coefficient (Wildman–Crippen LogP) is 3.48. The molecule has 0 saturated carbocycles. The van der Waals surface area contributed by atoms with Gasteiger partial charge in [-0.05, 0) is 37.6 Å². The maximum absolute atomic E-state index is 12.2. The molecule has 3 aromatic rings. The van der Waals surface area contributed by atoms with E-state index in [1.165, 1.54) is 4.31 Å². The van der Waals surface area contributed by atoms with Crippen molar-refractivity contribution < 1.29 is 17.9 Å². The molecule has 1 fully saturated rings. The second-order valence-corrected chi connectivity index (χ2v) is 9.33. The van der Waals surface area contributed by atoms with Gasteiger partial charge in [0.05, 0.1) is 34.9 Å². The van der Waals surface area contributed by atoms with Crippen molar-refractivity contribution in [1.82, 2.24) is 4.57 Å². The Morgan fingerprint density at radius 3 is 2.50 bits per heavy atom. The minimum absolute atomic E-state index is 0.209. The van der Waals surface area contributed by atoms with E-state index in [4.69, 9.17) is 15.2 Å². The Morgan fingerprint density at radius 2 is 1.87 bits per heavy atom. The number of fused-ring (bicyclic) bond motifs is 1. The van der Waals surface area contributed by atoms with Gasteiger partial charge >= 0.3 is 0 Å². The average Bonchev–Trinajstić information content (AvgIpc) is 3.24. The number of aryl methyl sites for hydroxylation is 1. The maximum atomic E-state index is 12.2. The molecule has 2 N–H and O–H groups in total. The highest BCUT2D eigenvalue weighted by Gasteiger charge is 2.28. The number of ether oxygens (including phenoxy) is 2. The fraction of sp³-hybridized carbons (Fsp3) is 0.364. The molecule has 0 spiro atoms. The first-order chi connectivity index (χ1) is 14.5. The summed E-state index contributed by atoms with van der Waals surface area (Å²) in [4.78, 5) is 0. The Kier molecular flexibility index (Phi) is 5.62. The van der Waals surface area contributed by atoms with Crippen molar-refractivity contribution in [3.8, 4) is 17.0 Å². The smallest absolute Gasteiger partial charge is 0.235 e. The van der Waals surface area contributed by atoms with Crippen molar-refractivity contribution in [3.05, 3.63) is 42.5 Å². The molecular weight excluding hydrogens is 402 g/mol. The zero-order valence-corrected chi connectivity index (χ0v) is 18.1. The summed E-state index contributed by atoms with van der Waals surface area (Å²) in [6, 6.07) is 13.5. The first-order valence-corrected chi connectivity index (χ1v) is 11.7. The molecule has 2 aromatic carbocycles. The molecule has 0 amide bonds. The van der Waals surface area contributed by atoms with E-state index in [0.717, 1.165) is 34.5 Å². The number of nitrogens with two attached hydrogens (primary N) is 1. The lowest BCUT2D eigenvalue weighted by atomic mass is 10.1. The highest BCUT2D eigenvalue weighted by atomic mass is 32.2. The Hall–Kier alpha value is -2.71. The molecule has 30 heavy (non-hydrogen) atoms. The average molecular weight is 430 g/mol. The summed E-state index contributed by atoms with van der Waals surface area (Å²) < 4.78 is 38.8. The van der Waals surface area contributed by atoms with Crippen LogP contribution in [0.4, 0.5) is 11.4 Å². The number of aromatic nitrogens is 1. The van der Waals surface area contributed by atoms with Crippen LogP contribution >= 0.6 is 0 Å². The number of sulfonamides is 1. The highest BCUT2D eigenvalue weighted by molar-refractivity contribution is 7.93. The predicted molar refractivity (Wildman–Crippen MR) is 121 cm³/mol. The van der Waals surface area contributed by atoms with Gasteiger partial charge in [0, 0.05) is 37.2 Å². The summed E-state index contributed by atoms with van der Waals surface area (Å²) in [5.41, 5.74) is 10.8. The van der Waals surface area contributed by atoms with E-state index in [0.29, 0.717) is 37.6 Å². The summed E-state index contributed by atoms with van der Waals surface area (Å²) in [6.07, 6.45) is 0.663. The van der Waals surface area contributed by atoms with E-state index in [2.05, 4.69) is 11.5 Å². The van der Waals surface area contributed by atoms with Crippen LogP contribution in [0, 0.1) is 0 Å². The molecule has 1 aliphatic heterocycles. The normalized spacial score (nSPS) is 15.7. The monoisotopic (exact) mass is 429 g/mol. The van der Waals surface area contributed by atoms with Crippen molar-refractivity contribution in [2.24, 2.45) is 0 Å². The van der Waals surface area contributed by atoms with Gasteiger partial charge in [-0.3, -0.25) is 4.31 Å². The van der Waals surface area contributed by atoms with Gasteiger partial charge in [-0.2, -0.15) is 0 Å². The number of nitrogens with zero attached hydrogens (tertiary/aromatic N) is 2. The van der Waals surface area contributed by atoms with Gasteiger partial charge in [0.15, 0.2) is 0 Å². The van der Waals surface area contributed by atoms with Crippen molar-refractivity contribution in [3.63, 3.8) is 0 Å². The number of benzene rings is 2. The molecule has 1 saturated heterocycles. The number of anilines is 2. The van der Waals surface area contributed by atoms with Crippen LogP contribution in [0.1, 0.15) is 13.3 Å². The number of nitrogen functional groups attached to an aromatic ring is 1. The second kappa shape index (κ2) is 8.20.